The number of nitrogens with two attached hydrogens (primary N) is 1. The zero-order valence-electron chi connectivity index (χ0n) is 62.9. The van der Waals surface area contributed by atoms with Gasteiger partial charge in [0, 0.05) is 19.4 Å². The van der Waals surface area contributed by atoms with Crippen molar-refractivity contribution in [3.05, 3.63) is 207 Å². The third-order valence-corrected chi connectivity index (χ3v) is 17.1. The molecule has 0 spiro atoms. The SMILES string of the molecule is CC/C=C\C/C=C\C/C=C\C/C=C\C/C=C\C/C=C\C/C=C\C/C=C\C/C=C\CCCCCCCCCCCCCCCC(=O)OC(COC(=O)CCCCCCCCCCCCCC/C=C\C/C=C\C/C=C\C/C=C\C/C=C\C/C=C\C/C=C\C/C=C\CC)COP(=O)(O)OCCN. The smallest absolute Gasteiger partial charge is 0.462 e. The molecule has 0 aliphatic heterocycles. The fraction of sp³-hybridized carbons (Fsp3) is 0.596. The number of carbonyl (C=O) groups excluding carboxylic acids is 2. The molecule has 0 saturated carbocycles. The molecule has 0 aromatic heterocycles. The van der Waals surface area contributed by atoms with E-state index >= 15 is 0 Å². The topological polar surface area (TPSA) is 134 Å². The summed E-state index contributed by atoms with van der Waals surface area (Å²) in [6.45, 7) is 3.51. The van der Waals surface area contributed by atoms with Gasteiger partial charge in [0.05, 0.1) is 13.2 Å². The Labute approximate surface area is 608 Å². The van der Waals surface area contributed by atoms with Crippen LogP contribution >= 0.6 is 7.82 Å². The number of allylic oxidation sites excluding steroid dienone is 34. The van der Waals surface area contributed by atoms with Gasteiger partial charge >= 0.3 is 19.8 Å². The summed E-state index contributed by atoms with van der Waals surface area (Å²) >= 11 is 0. The zero-order valence-corrected chi connectivity index (χ0v) is 63.8. The van der Waals surface area contributed by atoms with E-state index in [1.54, 1.807) is 0 Å². The third-order valence-electron chi connectivity index (χ3n) is 16.2. The molecule has 0 bridgehead atoms. The van der Waals surface area contributed by atoms with Gasteiger partial charge in [-0.2, -0.15) is 0 Å². The Morgan fingerprint density at radius 2 is 0.525 bits per heavy atom. The van der Waals surface area contributed by atoms with Crippen LogP contribution in [0.1, 0.15) is 309 Å². The second-order valence-electron chi connectivity index (χ2n) is 25.5. The maximum absolute atomic E-state index is 12.8. The molecular weight excluding hydrogens is 1240 g/mol. The van der Waals surface area contributed by atoms with Crippen molar-refractivity contribution in [1.82, 2.24) is 0 Å². The van der Waals surface area contributed by atoms with Crippen molar-refractivity contribution >= 4 is 19.8 Å². The molecule has 0 aliphatic rings. The summed E-state index contributed by atoms with van der Waals surface area (Å²) in [6.07, 6.45) is 125. The summed E-state index contributed by atoms with van der Waals surface area (Å²) in [7, 11) is -4.41. The minimum absolute atomic E-state index is 0.0448. The van der Waals surface area contributed by atoms with Gasteiger partial charge in [0.1, 0.15) is 6.61 Å². The number of rotatable bonds is 72. The van der Waals surface area contributed by atoms with E-state index in [2.05, 4.69) is 220 Å². The van der Waals surface area contributed by atoms with E-state index < -0.39 is 26.5 Å². The summed E-state index contributed by atoms with van der Waals surface area (Å²) in [5.74, 6) is -0.836. The van der Waals surface area contributed by atoms with Gasteiger partial charge in [0.25, 0.3) is 0 Å². The van der Waals surface area contributed by atoms with Crippen molar-refractivity contribution < 1.29 is 37.6 Å². The van der Waals surface area contributed by atoms with Crippen LogP contribution in [-0.2, 0) is 32.7 Å². The van der Waals surface area contributed by atoms with Gasteiger partial charge in [-0.3, -0.25) is 18.6 Å². The van der Waals surface area contributed by atoms with Crippen LogP contribution in [0.4, 0.5) is 0 Å². The Hall–Kier alpha value is -5.41. The standard InChI is InChI=1S/C89H144NO8P/c1-3-5-7-9-11-13-15-17-19-21-23-25-27-29-31-33-35-37-39-41-42-43-44-46-48-50-52-54-56-58-60-62-64-66-68-70-72-74-76-78-80-82-89(92)98-87(86-97-99(93,94)96-84-83-90)85-95-88(91)81-79-77-75-73-71-69-67-65-63-61-59-57-55-53-51-49-47-45-40-38-36-34-32-30-28-26-24-22-20-18-16-14-12-10-8-6-4-2/h5-8,11-14,17-20,23-26,29-32,35-38,41-42,44-47,50-53,87H,3-4,9-10,15-16,21-22,27-28,33-34,39-40,43,48-49,54-86,90H2,1-2H3,(H,93,94)/b7-5-,8-6-,13-11-,14-12-,19-17-,20-18-,25-23-,26-24-,31-29-,32-30-,37-35-,38-36-,42-41-,46-44-,47-45-,52-50-,53-51-. The van der Waals surface area contributed by atoms with Gasteiger partial charge in [-0.1, -0.05) is 355 Å². The summed E-state index contributed by atoms with van der Waals surface area (Å²) in [4.78, 5) is 35.5. The summed E-state index contributed by atoms with van der Waals surface area (Å²) in [5, 5.41) is 0. The van der Waals surface area contributed by atoms with Crippen molar-refractivity contribution in [2.24, 2.45) is 5.73 Å². The van der Waals surface area contributed by atoms with Crippen LogP contribution in [0.3, 0.4) is 0 Å². The lowest BCUT2D eigenvalue weighted by molar-refractivity contribution is -0.161. The zero-order chi connectivity index (χ0) is 71.5. The predicted molar refractivity (Wildman–Crippen MR) is 431 cm³/mol. The quantitative estimate of drug-likeness (QED) is 0.0264. The Morgan fingerprint density at radius 3 is 0.778 bits per heavy atom. The van der Waals surface area contributed by atoms with Crippen molar-refractivity contribution in [1.29, 1.82) is 0 Å². The highest BCUT2D eigenvalue weighted by Crippen LogP contribution is 2.43. The molecule has 0 radical (unpaired) electrons. The first-order chi connectivity index (χ1) is 48.8. The molecule has 2 unspecified atom stereocenters. The van der Waals surface area contributed by atoms with Crippen molar-refractivity contribution in [2.45, 2.75) is 315 Å². The van der Waals surface area contributed by atoms with Crippen LogP contribution in [0.15, 0.2) is 207 Å². The highest BCUT2D eigenvalue weighted by atomic mass is 31.2. The van der Waals surface area contributed by atoms with E-state index in [1.807, 2.05) is 0 Å². The number of hydrogen-bond acceptors (Lipinski definition) is 8. The number of phosphoric ester groups is 1. The molecule has 2 atom stereocenters. The van der Waals surface area contributed by atoms with E-state index in [1.165, 1.54) is 122 Å². The third kappa shape index (κ3) is 81.4. The molecule has 0 heterocycles. The highest BCUT2D eigenvalue weighted by molar-refractivity contribution is 7.47. The van der Waals surface area contributed by atoms with Gasteiger partial charge in [-0.05, 0) is 148 Å². The fourth-order valence-corrected chi connectivity index (χ4v) is 11.2. The van der Waals surface area contributed by atoms with Gasteiger partial charge in [0.2, 0.25) is 0 Å². The molecule has 0 aromatic rings. The van der Waals surface area contributed by atoms with Crippen LogP contribution in [-0.4, -0.2) is 49.3 Å². The van der Waals surface area contributed by atoms with E-state index in [-0.39, 0.29) is 38.6 Å². The average Bonchev–Trinajstić information content (AvgIpc) is 1.19. The average molecular weight is 1390 g/mol. The van der Waals surface area contributed by atoms with Crippen molar-refractivity contribution in [3.63, 3.8) is 0 Å². The fourth-order valence-electron chi connectivity index (χ4n) is 10.4. The summed E-state index contributed by atoms with van der Waals surface area (Å²) in [5.41, 5.74) is 5.41. The van der Waals surface area contributed by atoms with Gasteiger partial charge < -0.3 is 20.1 Å². The molecule has 558 valence electrons. The van der Waals surface area contributed by atoms with Gasteiger partial charge in [-0.25, -0.2) is 4.57 Å². The lowest BCUT2D eigenvalue weighted by Gasteiger charge is -2.19. The van der Waals surface area contributed by atoms with E-state index in [4.69, 9.17) is 24.3 Å². The maximum Gasteiger partial charge on any atom is 0.472 e. The number of ether oxygens (including phenoxy) is 2. The van der Waals surface area contributed by atoms with Gasteiger partial charge in [-0.15, -0.1) is 0 Å². The van der Waals surface area contributed by atoms with Crippen LogP contribution in [0.25, 0.3) is 0 Å². The first-order valence-electron chi connectivity index (χ1n) is 39.6. The first kappa shape index (κ1) is 93.6. The Kier molecular flexibility index (Phi) is 77.1. The van der Waals surface area contributed by atoms with Crippen molar-refractivity contribution in [3.8, 4) is 0 Å². The van der Waals surface area contributed by atoms with E-state index in [9.17, 15) is 19.0 Å². The molecule has 99 heavy (non-hydrogen) atoms. The lowest BCUT2D eigenvalue weighted by Crippen LogP contribution is -2.29. The highest BCUT2D eigenvalue weighted by Gasteiger charge is 2.26. The lowest BCUT2D eigenvalue weighted by atomic mass is 10.0. The Balaban J connectivity index is 3.91. The summed E-state index contributed by atoms with van der Waals surface area (Å²) < 4.78 is 33.3. The van der Waals surface area contributed by atoms with Crippen LogP contribution < -0.4 is 5.73 Å². The molecule has 9 nitrogen and oxygen atoms in total. The van der Waals surface area contributed by atoms with Gasteiger partial charge in [0.15, 0.2) is 6.10 Å². The predicted octanol–water partition coefficient (Wildman–Crippen LogP) is 27.0. The molecule has 0 saturated heterocycles. The largest absolute Gasteiger partial charge is 0.472 e. The Morgan fingerprint density at radius 1 is 0.303 bits per heavy atom. The minimum atomic E-state index is -4.41. The van der Waals surface area contributed by atoms with Crippen molar-refractivity contribution in [2.75, 3.05) is 26.4 Å². The molecule has 3 N–H and O–H groups in total. The molecule has 0 rings (SSSR count). The molecule has 0 aliphatic carbocycles. The normalized spacial score (nSPS) is 14.0. The van der Waals surface area contributed by atoms with E-state index in [0.717, 1.165) is 154 Å². The number of esters is 2. The first-order valence-corrected chi connectivity index (χ1v) is 41.1. The van der Waals surface area contributed by atoms with Crippen LogP contribution in [0, 0.1) is 0 Å². The molecule has 0 fully saturated rings. The van der Waals surface area contributed by atoms with Crippen LogP contribution in [0.5, 0.6) is 0 Å². The monoisotopic (exact) mass is 1390 g/mol. The number of hydrogen-bond donors (Lipinski definition) is 2. The maximum atomic E-state index is 12.8. The minimum Gasteiger partial charge on any atom is -0.462 e. The van der Waals surface area contributed by atoms with E-state index in [0.29, 0.717) is 6.42 Å². The molecular formula is C89H144NO8P. The second-order valence-corrected chi connectivity index (χ2v) is 26.9. The summed E-state index contributed by atoms with van der Waals surface area (Å²) in [6, 6.07) is 0. The molecule has 0 aromatic carbocycles. The number of phosphoric acid groups is 1. The number of carbonyl (C=O) groups is 2. The van der Waals surface area contributed by atoms with Crippen LogP contribution in [0.2, 0.25) is 0 Å². The molecule has 0 amide bonds. The Bertz CT molecular complexity index is 2390. The second kappa shape index (κ2) is 81.6. The molecule has 10 heteroatoms. The number of unbranched alkanes of at least 4 members (excludes halogenated alkanes) is 25.